The molecule has 1 aliphatic rings. The van der Waals surface area contributed by atoms with Gasteiger partial charge < -0.3 is 15.4 Å². The fourth-order valence-corrected chi connectivity index (χ4v) is 1.89. The van der Waals surface area contributed by atoms with Crippen LogP contribution in [0.15, 0.2) is 30.3 Å². The number of benzene rings is 1. The molecule has 0 unspecified atom stereocenters. The van der Waals surface area contributed by atoms with Gasteiger partial charge in [-0.1, -0.05) is 30.3 Å². The van der Waals surface area contributed by atoms with Gasteiger partial charge >= 0.3 is 6.09 Å². The summed E-state index contributed by atoms with van der Waals surface area (Å²) in [7, 11) is 0. The summed E-state index contributed by atoms with van der Waals surface area (Å²) < 4.78 is 5.25. The minimum Gasteiger partial charge on any atom is -0.445 e. The summed E-state index contributed by atoms with van der Waals surface area (Å²) in [6.45, 7) is 1.74. The van der Waals surface area contributed by atoms with E-state index in [1.165, 1.54) is 0 Å². The highest BCUT2D eigenvalue weighted by Gasteiger charge is 2.21. The molecule has 0 saturated carbocycles. The lowest BCUT2D eigenvalue weighted by Gasteiger charge is -2.29. The van der Waals surface area contributed by atoms with Crippen LogP contribution < -0.4 is 5.73 Å². The molecule has 1 aromatic carbocycles. The van der Waals surface area contributed by atoms with Crippen molar-refractivity contribution in [3.8, 4) is 0 Å². The van der Waals surface area contributed by atoms with Gasteiger partial charge in [0.1, 0.15) is 6.61 Å². The zero-order chi connectivity index (χ0) is 12.1. The summed E-state index contributed by atoms with van der Waals surface area (Å²) in [5, 5.41) is 0. The van der Waals surface area contributed by atoms with Crippen molar-refractivity contribution in [3.05, 3.63) is 35.9 Å². The summed E-state index contributed by atoms with van der Waals surface area (Å²) in [5.41, 5.74) is 6.79. The monoisotopic (exact) mass is 236 g/mol. The number of carbonyl (C=O) groups excluding carboxylic acids is 1. The molecular weight excluding hydrogens is 216 g/mol. The Bertz CT molecular complexity index is 365. The van der Waals surface area contributed by atoms with Crippen molar-refractivity contribution in [3.63, 3.8) is 0 Å². The lowest BCUT2D eigenvalue weighted by Crippen LogP contribution is -2.43. The highest BCUT2D eigenvalue weighted by Crippen LogP contribution is 2.10. The van der Waals surface area contributed by atoms with E-state index in [4.69, 9.17) is 10.5 Å². The van der Waals surface area contributed by atoms with Crippen LogP contribution >= 0.6 is 0 Å². The number of nitrogens with two attached hydrogens (primary N) is 1. The minimum absolute atomic E-state index is 0. The van der Waals surface area contributed by atoms with Gasteiger partial charge in [-0.15, -0.1) is 0 Å². The smallest absolute Gasteiger partial charge is 0.410 e. The molecule has 2 rings (SSSR count). The Hall–Kier alpha value is -1.55. The van der Waals surface area contributed by atoms with E-state index >= 15 is 0 Å². The van der Waals surface area contributed by atoms with Crippen molar-refractivity contribution in [2.24, 2.45) is 5.73 Å². The average Bonchev–Trinajstić information content (AvgIpc) is 2.38. The SMILES string of the molecule is NC1CCN(C(=O)OCc2ccccc2)CC1.[HH]. The van der Waals surface area contributed by atoms with Crippen LogP contribution in [0.1, 0.15) is 19.8 Å². The summed E-state index contributed by atoms with van der Waals surface area (Å²) in [5.74, 6) is 0. The van der Waals surface area contributed by atoms with E-state index in [-0.39, 0.29) is 13.6 Å². The predicted octanol–water partition coefficient (Wildman–Crippen LogP) is 1.99. The highest BCUT2D eigenvalue weighted by atomic mass is 16.6. The molecule has 0 radical (unpaired) electrons. The molecule has 1 aromatic rings. The third-order valence-electron chi connectivity index (χ3n) is 3.00. The van der Waals surface area contributed by atoms with Crippen LogP contribution in [0.4, 0.5) is 4.79 Å². The number of hydrogen-bond donors (Lipinski definition) is 1. The molecule has 1 saturated heterocycles. The molecule has 0 bridgehead atoms. The molecule has 4 nitrogen and oxygen atoms in total. The largest absolute Gasteiger partial charge is 0.445 e. The first-order valence-electron chi connectivity index (χ1n) is 5.97. The van der Waals surface area contributed by atoms with Crippen LogP contribution in [0, 0.1) is 0 Å². The average molecular weight is 236 g/mol. The summed E-state index contributed by atoms with van der Waals surface area (Å²) in [4.78, 5) is 13.5. The van der Waals surface area contributed by atoms with Crippen molar-refractivity contribution in [2.75, 3.05) is 13.1 Å². The zero-order valence-electron chi connectivity index (χ0n) is 9.84. The minimum atomic E-state index is -0.235. The van der Waals surface area contributed by atoms with Crippen molar-refractivity contribution in [1.29, 1.82) is 0 Å². The summed E-state index contributed by atoms with van der Waals surface area (Å²) in [6.07, 6.45) is 1.49. The molecule has 1 heterocycles. The number of carbonyl (C=O) groups is 1. The van der Waals surface area contributed by atoms with Crippen LogP contribution in [-0.4, -0.2) is 30.1 Å². The topological polar surface area (TPSA) is 55.6 Å². The van der Waals surface area contributed by atoms with E-state index in [1.807, 2.05) is 30.3 Å². The predicted molar refractivity (Wildman–Crippen MR) is 67.5 cm³/mol. The van der Waals surface area contributed by atoms with Crippen LogP contribution in [0.25, 0.3) is 0 Å². The van der Waals surface area contributed by atoms with Gasteiger partial charge in [-0.25, -0.2) is 4.79 Å². The molecule has 4 heteroatoms. The Labute approximate surface area is 103 Å². The second-order valence-electron chi connectivity index (χ2n) is 4.36. The third-order valence-corrected chi connectivity index (χ3v) is 3.00. The van der Waals surface area contributed by atoms with E-state index in [0.29, 0.717) is 19.7 Å². The van der Waals surface area contributed by atoms with Crippen molar-refractivity contribution in [1.82, 2.24) is 4.90 Å². The van der Waals surface area contributed by atoms with Gasteiger partial charge in [-0.3, -0.25) is 0 Å². The number of nitrogens with zero attached hydrogens (tertiary/aromatic N) is 1. The number of rotatable bonds is 2. The van der Waals surface area contributed by atoms with E-state index < -0.39 is 0 Å². The van der Waals surface area contributed by atoms with Crippen LogP contribution in [0.2, 0.25) is 0 Å². The Balaban J connectivity index is 0.00000162. The Morgan fingerprint density at radius 1 is 1.35 bits per heavy atom. The first-order chi connectivity index (χ1) is 8.25. The molecule has 0 aliphatic carbocycles. The first kappa shape index (κ1) is 11.9. The summed E-state index contributed by atoms with van der Waals surface area (Å²) in [6, 6.07) is 9.93. The van der Waals surface area contributed by atoms with Crippen molar-refractivity contribution >= 4 is 6.09 Å². The molecule has 1 fully saturated rings. The number of likely N-dealkylation sites (tertiary alicyclic amines) is 1. The fourth-order valence-electron chi connectivity index (χ4n) is 1.89. The molecular formula is C13H20N2O2. The Kier molecular flexibility index (Phi) is 3.98. The van der Waals surface area contributed by atoms with Gasteiger partial charge in [0.05, 0.1) is 0 Å². The van der Waals surface area contributed by atoms with E-state index in [0.717, 1.165) is 18.4 Å². The van der Waals surface area contributed by atoms with Gasteiger partial charge in [0.25, 0.3) is 0 Å². The molecule has 0 atom stereocenters. The molecule has 0 aromatic heterocycles. The third kappa shape index (κ3) is 3.46. The zero-order valence-corrected chi connectivity index (χ0v) is 9.84. The van der Waals surface area contributed by atoms with Crippen LogP contribution in [0.3, 0.4) is 0 Å². The van der Waals surface area contributed by atoms with Gasteiger partial charge in [0.15, 0.2) is 0 Å². The number of amides is 1. The van der Waals surface area contributed by atoms with Gasteiger partial charge in [-0.05, 0) is 18.4 Å². The number of piperidine rings is 1. The summed E-state index contributed by atoms with van der Waals surface area (Å²) >= 11 is 0. The molecule has 1 aliphatic heterocycles. The highest BCUT2D eigenvalue weighted by molar-refractivity contribution is 5.67. The fraction of sp³-hybridized carbons (Fsp3) is 0.462. The molecule has 94 valence electrons. The standard InChI is InChI=1S/C13H18N2O2.H2/c14-12-6-8-15(9-7-12)13(16)17-10-11-4-2-1-3-5-11;/h1-5,12H,6-10,14H2;1H. The Morgan fingerprint density at radius 3 is 2.65 bits per heavy atom. The van der Waals surface area contributed by atoms with Crippen molar-refractivity contribution < 1.29 is 11.0 Å². The van der Waals surface area contributed by atoms with E-state index in [2.05, 4.69) is 0 Å². The lowest BCUT2D eigenvalue weighted by atomic mass is 10.1. The molecule has 0 spiro atoms. The van der Waals surface area contributed by atoms with Crippen LogP contribution in [0.5, 0.6) is 0 Å². The number of ether oxygens (including phenoxy) is 1. The molecule has 1 amide bonds. The molecule has 17 heavy (non-hydrogen) atoms. The maximum absolute atomic E-state index is 11.7. The quantitative estimate of drug-likeness (QED) is 0.854. The van der Waals surface area contributed by atoms with Gasteiger partial charge in [-0.2, -0.15) is 0 Å². The lowest BCUT2D eigenvalue weighted by molar-refractivity contribution is 0.0873. The second kappa shape index (κ2) is 5.68. The van der Waals surface area contributed by atoms with Gasteiger partial charge in [0, 0.05) is 20.6 Å². The van der Waals surface area contributed by atoms with E-state index in [1.54, 1.807) is 4.90 Å². The van der Waals surface area contributed by atoms with Crippen molar-refractivity contribution in [2.45, 2.75) is 25.5 Å². The first-order valence-corrected chi connectivity index (χ1v) is 5.97. The van der Waals surface area contributed by atoms with Gasteiger partial charge in [0.2, 0.25) is 0 Å². The maximum atomic E-state index is 11.7. The number of hydrogen-bond acceptors (Lipinski definition) is 3. The second-order valence-corrected chi connectivity index (χ2v) is 4.36. The van der Waals surface area contributed by atoms with Crippen LogP contribution in [-0.2, 0) is 11.3 Å². The van der Waals surface area contributed by atoms with E-state index in [9.17, 15) is 4.79 Å². The Morgan fingerprint density at radius 2 is 2.00 bits per heavy atom. The molecule has 2 N–H and O–H groups in total. The maximum Gasteiger partial charge on any atom is 0.410 e. The normalized spacial score (nSPS) is 16.9.